The highest BCUT2D eigenvalue weighted by molar-refractivity contribution is 5.96. The topological polar surface area (TPSA) is 72.2 Å². The van der Waals surface area contributed by atoms with E-state index in [-0.39, 0.29) is 11.7 Å². The zero-order valence-corrected chi connectivity index (χ0v) is 19.9. The molecule has 1 aliphatic heterocycles. The van der Waals surface area contributed by atoms with Crippen LogP contribution in [0.3, 0.4) is 0 Å². The molecule has 1 fully saturated rings. The largest absolute Gasteiger partial charge is 0.497 e. The lowest BCUT2D eigenvalue weighted by Crippen LogP contribution is -2.35. The van der Waals surface area contributed by atoms with Crippen LogP contribution >= 0.6 is 0 Å². The van der Waals surface area contributed by atoms with E-state index in [1.807, 2.05) is 53.4 Å². The fourth-order valence-electron chi connectivity index (χ4n) is 4.42. The maximum absolute atomic E-state index is 12.9. The number of fused-ring (bicyclic) bond motifs is 1. The van der Waals surface area contributed by atoms with Crippen molar-refractivity contribution in [2.45, 2.75) is 32.7 Å². The van der Waals surface area contributed by atoms with Crippen molar-refractivity contribution in [1.82, 2.24) is 9.80 Å². The molecule has 1 amide bonds. The predicted molar refractivity (Wildman–Crippen MR) is 130 cm³/mol. The molecule has 0 aliphatic carbocycles. The second kappa shape index (κ2) is 11.2. The van der Waals surface area contributed by atoms with E-state index in [0.717, 1.165) is 48.3 Å². The number of furan rings is 1. The van der Waals surface area contributed by atoms with Crippen molar-refractivity contribution in [3.63, 3.8) is 0 Å². The Morgan fingerprint density at radius 3 is 2.56 bits per heavy atom. The molecule has 7 heteroatoms. The highest BCUT2D eigenvalue weighted by atomic mass is 16.5. The van der Waals surface area contributed by atoms with Gasteiger partial charge < -0.3 is 18.8 Å². The van der Waals surface area contributed by atoms with E-state index in [0.29, 0.717) is 38.1 Å². The van der Waals surface area contributed by atoms with Crippen LogP contribution in [0.2, 0.25) is 0 Å². The minimum Gasteiger partial charge on any atom is -0.497 e. The summed E-state index contributed by atoms with van der Waals surface area (Å²) in [6.07, 6.45) is 2.09. The SMILES string of the molecule is CCOC(=O)c1oc2ccccc2c1CN1CCCN(C(=O)CCc2ccc(OC)cc2)CC1. The molecule has 1 aliphatic rings. The molecular weight excluding hydrogens is 432 g/mol. The van der Waals surface area contributed by atoms with Gasteiger partial charge in [0.15, 0.2) is 0 Å². The number of methoxy groups -OCH3 is 1. The first kappa shape index (κ1) is 23.8. The Hall–Kier alpha value is -3.32. The van der Waals surface area contributed by atoms with E-state index >= 15 is 0 Å². The zero-order valence-electron chi connectivity index (χ0n) is 19.9. The number of rotatable bonds is 8. The van der Waals surface area contributed by atoms with Crippen molar-refractivity contribution in [2.75, 3.05) is 39.9 Å². The van der Waals surface area contributed by atoms with E-state index in [9.17, 15) is 9.59 Å². The minimum atomic E-state index is -0.432. The van der Waals surface area contributed by atoms with Gasteiger partial charge in [-0.25, -0.2) is 4.79 Å². The van der Waals surface area contributed by atoms with Crippen molar-refractivity contribution in [1.29, 1.82) is 0 Å². The predicted octanol–water partition coefficient (Wildman–Crippen LogP) is 4.29. The number of benzene rings is 2. The second-order valence-corrected chi connectivity index (χ2v) is 8.48. The third-order valence-corrected chi connectivity index (χ3v) is 6.27. The average molecular weight is 465 g/mol. The number of ether oxygens (including phenoxy) is 2. The molecular formula is C27H32N2O5. The van der Waals surface area contributed by atoms with Gasteiger partial charge in [0.2, 0.25) is 11.7 Å². The third-order valence-electron chi connectivity index (χ3n) is 6.27. The second-order valence-electron chi connectivity index (χ2n) is 8.48. The van der Waals surface area contributed by atoms with Crippen LogP contribution in [-0.4, -0.2) is 61.6 Å². The van der Waals surface area contributed by atoms with E-state index in [2.05, 4.69) is 4.90 Å². The summed E-state index contributed by atoms with van der Waals surface area (Å²) in [7, 11) is 1.65. The molecule has 1 aromatic heterocycles. The van der Waals surface area contributed by atoms with Crippen LogP contribution in [0.4, 0.5) is 0 Å². The van der Waals surface area contributed by atoms with Gasteiger partial charge in [0.25, 0.3) is 0 Å². The monoisotopic (exact) mass is 464 g/mol. The standard InChI is InChI=1S/C27H32N2O5/c1-3-33-27(31)26-23(22-7-4-5-8-24(22)34-26)19-28-15-6-16-29(18-17-28)25(30)14-11-20-9-12-21(32-2)13-10-20/h4-5,7-10,12-13H,3,6,11,14-19H2,1-2H3. The van der Waals surface area contributed by atoms with Crippen molar-refractivity contribution >= 4 is 22.8 Å². The highest BCUT2D eigenvalue weighted by Crippen LogP contribution is 2.28. The van der Waals surface area contributed by atoms with Gasteiger partial charge in [0.05, 0.1) is 13.7 Å². The summed E-state index contributed by atoms with van der Waals surface area (Å²) in [6, 6.07) is 15.5. The fraction of sp³-hybridized carbons (Fsp3) is 0.407. The molecule has 0 spiro atoms. The zero-order chi connectivity index (χ0) is 23.9. The lowest BCUT2D eigenvalue weighted by Gasteiger charge is -2.22. The number of carbonyl (C=O) groups is 2. The molecule has 1 saturated heterocycles. The van der Waals surface area contributed by atoms with Crippen molar-refractivity contribution in [2.24, 2.45) is 0 Å². The van der Waals surface area contributed by atoms with Gasteiger partial charge in [0.1, 0.15) is 11.3 Å². The summed E-state index contributed by atoms with van der Waals surface area (Å²) in [5.41, 5.74) is 2.67. The molecule has 0 unspecified atom stereocenters. The lowest BCUT2D eigenvalue weighted by atomic mass is 10.1. The molecule has 2 aromatic carbocycles. The first-order chi connectivity index (χ1) is 16.6. The highest BCUT2D eigenvalue weighted by Gasteiger charge is 2.25. The van der Waals surface area contributed by atoms with Gasteiger partial charge in [-0.2, -0.15) is 0 Å². The van der Waals surface area contributed by atoms with E-state index in [4.69, 9.17) is 13.9 Å². The van der Waals surface area contributed by atoms with Crippen LogP contribution in [0.1, 0.15) is 41.4 Å². The fourth-order valence-corrected chi connectivity index (χ4v) is 4.42. The van der Waals surface area contributed by atoms with Gasteiger partial charge >= 0.3 is 5.97 Å². The first-order valence-corrected chi connectivity index (χ1v) is 11.9. The Kier molecular flexibility index (Phi) is 7.85. The summed E-state index contributed by atoms with van der Waals surface area (Å²) >= 11 is 0. The molecule has 180 valence electrons. The number of hydrogen-bond donors (Lipinski definition) is 0. The van der Waals surface area contributed by atoms with Crippen molar-refractivity contribution in [3.05, 3.63) is 65.4 Å². The van der Waals surface area contributed by atoms with E-state index < -0.39 is 5.97 Å². The minimum absolute atomic E-state index is 0.179. The van der Waals surface area contributed by atoms with Crippen molar-refractivity contribution in [3.8, 4) is 5.75 Å². The van der Waals surface area contributed by atoms with Gasteiger partial charge in [0, 0.05) is 50.1 Å². The van der Waals surface area contributed by atoms with Gasteiger partial charge in [-0.1, -0.05) is 30.3 Å². The summed E-state index contributed by atoms with van der Waals surface area (Å²) in [5.74, 6) is 0.844. The van der Waals surface area contributed by atoms with Crippen LogP contribution in [0.5, 0.6) is 5.75 Å². The Morgan fingerprint density at radius 2 is 1.79 bits per heavy atom. The molecule has 0 N–H and O–H groups in total. The molecule has 0 bridgehead atoms. The number of para-hydroxylation sites is 1. The molecule has 34 heavy (non-hydrogen) atoms. The molecule has 0 atom stereocenters. The number of aryl methyl sites for hydroxylation is 1. The maximum atomic E-state index is 12.9. The molecule has 4 rings (SSSR count). The number of hydrogen-bond acceptors (Lipinski definition) is 6. The van der Waals surface area contributed by atoms with Gasteiger partial charge in [-0.05, 0) is 43.5 Å². The number of esters is 1. The maximum Gasteiger partial charge on any atom is 0.374 e. The molecule has 0 radical (unpaired) electrons. The van der Waals surface area contributed by atoms with Crippen molar-refractivity contribution < 1.29 is 23.5 Å². The quantitative estimate of drug-likeness (QED) is 0.463. The Labute approximate surface area is 200 Å². The summed E-state index contributed by atoms with van der Waals surface area (Å²) < 4.78 is 16.3. The van der Waals surface area contributed by atoms with Crippen LogP contribution < -0.4 is 4.74 Å². The number of carbonyl (C=O) groups excluding carboxylic acids is 2. The van der Waals surface area contributed by atoms with Crippen LogP contribution in [0.15, 0.2) is 52.9 Å². The lowest BCUT2D eigenvalue weighted by molar-refractivity contribution is -0.131. The van der Waals surface area contributed by atoms with Gasteiger partial charge in [-0.15, -0.1) is 0 Å². The Balaban J connectivity index is 1.38. The van der Waals surface area contributed by atoms with Crippen LogP contribution in [0, 0.1) is 0 Å². The summed E-state index contributed by atoms with van der Waals surface area (Å²) in [5, 5.41) is 0.933. The van der Waals surface area contributed by atoms with Crippen LogP contribution in [-0.2, 0) is 22.5 Å². The molecule has 2 heterocycles. The molecule has 3 aromatic rings. The number of amides is 1. The van der Waals surface area contributed by atoms with Gasteiger partial charge in [-0.3, -0.25) is 9.69 Å². The normalized spacial score (nSPS) is 14.7. The summed E-state index contributed by atoms with van der Waals surface area (Å²) in [4.78, 5) is 29.6. The van der Waals surface area contributed by atoms with E-state index in [1.165, 1.54) is 0 Å². The Morgan fingerprint density at radius 1 is 1.00 bits per heavy atom. The molecule has 0 saturated carbocycles. The third kappa shape index (κ3) is 5.59. The summed E-state index contributed by atoms with van der Waals surface area (Å²) in [6.45, 7) is 5.68. The first-order valence-electron chi connectivity index (χ1n) is 11.9. The smallest absolute Gasteiger partial charge is 0.374 e. The number of nitrogens with zero attached hydrogens (tertiary/aromatic N) is 2. The Bertz CT molecular complexity index is 1120. The average Bonchev–Trinajstić information content (AvgIpc) is 3.05. The van der Waals surface area contributed by atoms with E-state index in [1.54, 1.807) is 14.0 Å². The van der Waals surface area contributed by atoms with Crippen LogP contribution in [0.25, 0.3) is 11.0 Å². The molecule has 7 nitrogen and oxygen atoms in total.